The molecule has 0 aliphatic rings. The Hall–Kier alpha value is -2.12. The third-order valence-corrected chi connectivity index (χ3v) is 3.21. The molecule has 0 amide bonds. The van der Waals surface area contributed by atoms with Gasteiger partial charge in [0.05, 0.1) is 15.6 Å². The second-order valence-corrected chi connectivity index (χ2v) is 4.74. The molecule has 9 heteroatoms. The van der Waals surface area contributed by atoms with Crippen molar-refractivity contribution < 1.29 is 4.92 Å². The van der Waals surface area contributed by atoms with Crippen molar-refractivity contribution in [3.05, 3.63) is 44.1 Å². The van der Waals surface area contributed by atoms with E-state index in [-0.39, 0.29) is 17.5 Å². The molecule has 0 fully saturated rings. The molecule has 1 heterocycles. The minimum Gasteiger partial charge on any atom is -0.368 e. The first-order chi connectivity index (χ1) is 9.38. The molecule has 104 valence electrons. The van der Waals surface area contributed by atoms with Crippen LogP contribution in [0, 0.1) is 17.0 Å². The third-order valence-electron chi connectivity index (χ3n) is 2.49. The number of rotatable bonds is 3. The lowest BCUT2D eigenvalue weighted by Gasteiger charge is -2.10. The van der Waals surface area contributed by atoms with E-state index >= 15 is 0 Å². The second-order valence-electron chi connectivity index (χ2n) is 3.93. The van der Waals surface area contributed by atoms with Crippen LogP contribution >= 0.6 is 23.2 Å². The van der Waals surface area contributed by atoms with E-state index in [0.717, 1.165) is 11.8 Å². The number of nitrogens with two attached hydrogens (primary N) is 1. The summed E-state index contributed by atoms with van der Waals surface area (Å²) in [6.07, 6.45) is 1.02. The van der Waals surface area contributed by atoms with Crippen molar-refractivity contribution in [3.63, 3.8) is 0 Å². The van der Waals surface area contributed by atoms with Gasteiger partial charge in [-0.25, -0.2) is 4.98 Å². The van der Waals surface area contributed by atoms with Gasteiger partial charge in [-0.3, -0.25) is 10.1 Å². The first-order valence-corrected chi connectivity index (χ1v) is 6.13. The predicted molar refractivity (Wildman–Crippen MR) is 77.6 cm³/mol. The van der Waals surface area contributed by atoms with Gasteiger partial charge in [-0.15, -0.1) is 0 Å². The van der Waals surface area contributed by atoms with Crippen LogP contribution in [0.2, 0.25) is 10.0 Å². The Balaban J connectivity index is 2.47. The monoisotopic (exact) mass is 313 g/mol. The number of aromatic nitrogens is 2. The molecule has 0 unspecified atom stereocenters. The zero-order chi connectivity index (χ0) is 14.9. The molecule has 1 aromatic heterocycles. The van der Waals surface area contributed by atoms with E-state index in [4.69, 9.17) is 28.9 Å². The average molecular weight is 314 g/mol. The Labute approximate surface area is 123 Å². The molecule has 20 heavy (non-hydrogen) atoms. The Kier molecular flexibility index (Phi) is 3.91. The standard InChI is InChI=1S/C11H9Cl2N5O2/c1-5-2-7(13)8(3-6(5)12)16-10-9(18(19)20)4-15-11(14)17-10/h2-4H,1H3,(H3,14,15,16,17). The summed E-state index contributed by atoms with van der Waals surface area (Å²) in [5.74, 6) is -0.142. The van der Waals surface area contributed by atoms with Gasteiger partial charge in [0, 0.05) is 5.02 Å². The van der Waals surface area contributed by atoms with Crippen molar-refractivity contribution in [3.8, 4) is 0 Å². The lowest BCUT2D eigenvalue weighted by atomic mass is 10.2. The van der Waals surface area contributed by atoms with Crippen LogP contribution < -0.4 is 11.1 Å². The molecule has 0 saturated carbocycles. The molecule has 0 spiro atoms. The molecule has 0 saturated heterocycles. The number of anilines is 3. The fourth-order valence-electron chi connectivity index (χ4n) is 1.48. The SMILES string of the molecule is Cc1cc(Cl)c(Nc2nc(N)ncc2[N+](=O)[O-])cc1Cl. The van der Waals surface area contributed by atoms with Gasteiger partial charge >= 0.3 is 5.69 Å². The van der Waals surface area contributed by atoms with Crippen molar-refractivity contribution in [1.29, 1.82) is 0 Å². The summed E-state index contributed by atoms with van der Waals surface area (Å²) in [7, 11) is 0. The quantitative estimate of drug-likeness (QED) is 0.664. The molecule has 0 aliphatic heterocycles. The van der Waals surface area contributed by atoms with E-state index in [0.29, 0.717) is 15.7 Å². The number of nitrogens with one attached hydrogen (secondary N) is 1. The number of nitro groups is 1. The largest absolute Gasteiger partial charge is 0.368 e. The number of nitrogen functional groups attached to an aromatic ring is 1. The average Bonchev–Trinajstić information content (AvgIpc) is 2.35. The lowest BCUT2D eigenvalue weighted by Crippen LogP contribution is -2.04. The van der Waals surface area contributed by atoms with Gasteiger partial charge in [-0.1, -0.05) is 23.2 Å². The van der Waals surface area contributed by atoms with Gasteiger partial charge in [-0.05, 0) is 24.6 Å². The predicted octanol–water partition coefficient (Wildman–Crippen LogP) is 3.33. The molecule has 3 N–H and O–H groups in total. The highest BCUT2D eigenvalue weighted by molar-refractivity contribution is 6.35. The fraction of sp³-hybridized carbons (Fsp3) is 0.0909. The summed E-state index contributed by atoms with van der Waals surface area (Å²) in [5.41, 5.74) is 6.30. The maximum Gasteiger partial charge on any atom is 0.329 e. The molecular formula is C11H9Cl2N5O2. The number of aryl methyl sites for hydroxylation is 1. The molecule has 2 aromatic rings. The van der Waals surface area contributed by atoms with Crippen molar-refractivity contribution in [2.75, 3.05) is 11.1 Å². The van der Waals surface area contributed by atoms with Gasteiger partial charge in [0.15, 0.2) is 0 Å². The Bertz CT molecular complexity index is 693. The molecule has 0 radical (unpaired) electrons. The van der Waals surface area contributed by atoms with Crippen LogP contribution in [-0.2, 0) is 0 Å². The molecule has 7 nitrogen and oxygen atoms in total. The maximum absolute atomic E-state index is 10.9. The van der Waals surface area contributed by atoms with Gasteiger partial charge in [0.25, 0.3) is 0 Å². The highest BCUT2D eigenvalue weighted by Crippen LogP contribution is 2.33. The normalized spacial score (nSPS) is 10.3. The number of hydrogen-bond acceptors (Lipinski definition) is 6. The number of halogens is 2. The van der Waals surface area contributed by atoms with Gasteiger partial charge < -0.3 is 11.1 Å². The van der Waals surface area contributed by atoms with Crippen LogP contribution in [0.15, 0.2) is 18.3 Å². The molecule has 1 aromatic carbocycles. The first kappa shape index (κ1) is 14.3. The van der Waals surface area contributed by atoms with E-state index < -0.39 is 4.92 Å². The van der Waals surface area contributed by atoms with Crippen LogP contribution in [0.4, 0.5) is 23.1 Å². The second kappa shape index (κ2) is 5.48. The summed E-state index contributed by atoms with van der Waals surface area (Å²) in [4.78, 5) is 17.7. The zero-order valence-corrected chi connectivity index (χ0v) is 11.7. The number of benzene rings is 1. The van der Waals surface area contributed by atoms with Crippen LogP contribution in [0.1, 0.15) is 5.56 Å². The minimum absolute atomic E-state index is 0.0516. The summed E-state index contributed by atoms with van der Waals surface area (Å²) >= 11 is 12.1. The Morgan fingerprint density at radius 2 is 2.05 bits per heavy atom. The van der Waals surface area contributed by atoms with Gasteiger partial charge in [0.2, 0.25) is 11.8 Å². The van der Waals surface area contributed by atoms with Crippen LogP contribution in [0.3, 0.4) is 0 Å². The number of nitrogens with zero attached hydrogens (tertiary/aromatic N) is 3. The summed E-state index contributed by atoms with van der Waals surface area (Å²) in [5, 5.41) is 14.5. The molecule has 0 atom stereocenters. The van der Waals surface area contributed by atoms with Crippen LogP contribution in [0.5, 0.6) is 0 Å². The van der Waals surface area contributed by atoms with Crippen LogP contribution in [-0.4, -0.2) is 14.9 Å². The molecule has 0 bridgehead atoms. The minimum atomic E-state index is -0.620. The molecular weight excluding hydrogens is 305 g/mol. The van der Waals surface area contributed by atoms with Gasteiger partial charge in [-0.2, -0.15) is 4.98 Å². The van der Waals surface area contributed by atoms with E-state index in [2.05, 4.69) is 15.3 Å². The lowest BCUT2D eigenvalue weighted by molar-refractivity contribution is -0.384. The summed E-state index contributed by atoms with van der Waals surface area (Å²) < 4.78 is 0. The van der Waals surface area contributed by atoms with Crippen LogP contribution in [0.25, 0.3) is 0 Å². The number of hydrogen-bond donors (Lipinski definition) is 2. The molecule has 2 rings (SSSR count). The first-order valence-electron chi connectivity index (χ1n) is 5.38. The Morgan fingerprint density at radius 3 is 2.70 bits per heavy atom. The highest BCUT2D eigenvalue weighted by atomic mass is 35.5. The van der Waals surface area contributed by atoms with E-state index in [1.54, 1.807) is 19.1 Å². The summed E-state index contributed by atoms with van der Waals surface area (Å²) in [6, 6.07) is 3.20. The van der Waals surface area contributed by atoms with Crippen molar-refractivity contribution in [2.24, 2.45) is 0 Å². The van der Waals surface area contributed by atoms with E-state index in [9.17, 15) is 10.1 Å². The van der Waals surface area contributed by atoms with E-state index in [1.165, 1.54) is 0 Å². The smallest absolute Gasteiger partial charge is 0.329 e. The highest BCUT2D eigenvalue weighted by Gasteiger charge is 2.18. The fourth-order valence-corrected chi connectivity index (χ4v) is 1.91. The van der Waals surface area contributed by atoms with E-state index in [1.807, 2.05) is 0 Å². The molecule has 0 aliphatic carbocycles. The third kappa shape index (κ3) is 2.89. The Morgan fingerprint density at radius 1 is 1.35 bits per heavy atom. The topological polar surface area (TPSA) is 107 Å². The zero-order valence-electron chi connectivity index (χ0n) is 10.2. The van der Waals surface area contributed by atoms with Crippen molar-refractivity contribution in [2.45, 2.75) is 6.92 Å². The van der Waals surface area contributed by atoms with Crippen molar-refractivity contribution in [1.82, 2.24) is 9.97 Å². The van der Waals surface area contributed by atoms with Gasteiger partial charge in [0.1, 0.15) is 6.20 Å². The summed E-state index contributed by atoms with van der Waals surface area (Å²) in [6.45, 7) is 1.79. The van der Waals surface area contributed by atoms with Crippen molar-refractivity contribution >= 4 is 46.3 Å². The maximum atomic E-state index is 10.9.